The summed E-state index contributed by atoms with van der Waals surface area (Å²) in [4.78, 5) is 3.98. The van der Waals surface area contributed by atoms with E-state index in [1.54, 1.807) is 28.8 Å². The molecule has 0 N–H and O–H groups in total. The van der Waals surface area contributed by atoms with E-state index < -0.39 is 0 Å². The summed E-state index contributed by atoms with van der Waals surface area (Å²) < 4.78 is 1.79. The molecule has 1 aliphatic heterocycles. The lowest BCUT2D eigenvalue weighted by Crippen LogP contribution is -2.08. The zero-order valence-corrected chi connectivity index (χ0v) is 9.48. The zero-order valence-electron chi connectivity index (χ0n) is 8.66. The lowest BCUT2D eigenvalue weighted by atomic mass is 10.2. The van der Waals surface area contributed by atoms with Gasteiger partial charge in [0.2, 0.25) is 5.16 Å². The maximum absolute atomic E-state index is 4.45. The van der Waals surface area contributed by atoms with Crippen LogP contribution in [0.15, 0.2) is 34.8 Å². The fourth-order valence-electron chi connectivity index (χ4n) is 1.50. The third-order valence-electron chi connectivity index (χ3n) is 2.23. The van der Waals surface area contributed by atoms with Crippen LogP contribution < -0.4 is 0 Å². The molecule has 2 aromatic heterocycles. The first kappa shape index (κ1) is 9.53. The molecule has 0 atom stereocenters. The molecule has 1 aliphatic rings. The van der Waals surface area contributed by atoms with Gasteiger partial charge in [0.15, 0.2) is 5.82 Å². The highest BCUT2D eigenvalue weighted by atomic mass is 32.2. The summed E-state index contributed by atoms with van der Waals surface area (Å²) >= 11 is 1.66. The Balaban J connectivity index is 2.15. The molecule has 3 heterocycles. The van der Waals surface area contributed by atoms with Crippen molar-refractivity contribution in [3.05, 3.63) is 24.5 Å². The number of nitrogens with zero attached hydrogens (tertiary/aromatic N) is 5. The second-order valence-corrected chi connectivity index (χ2v) is 4.42. The summed E-state index contributed by atoms with van der Waals surface area (Å²) in [5.41, 5.74) is 2.06. The first-order valence-electron chi connectivity index (χ1n) is 4.87. The molecular formula is C10H9N5S. The maximum atomic E-state index is 4.45. The summed E-state index contributed by atoms with van der Waals surface area (Å²) in [5.74, 6) is 1.65. The smallest absolute Gasteiger partial charge is 0.212 e. The predicted molar refractivity (Wildman–Crippen MR) is 62.5 cm³/mol. The molecule has 0 amide bonds. The highest BCUT2D eigenvalue weighted by Gasteiger charge is 2.17. The monoisotopic (exact) mass is 231 g/mol. The fraction of sp³-hybridized carbons (Fsp3) is 0.200. The second kappa shape index (κ2) is 3.71. The van der Waals surface area contributed by atoms with E-state index in [0.717, 1.165) is 28.0 Å². The van der Waals surface area contributed by atoms with Crippen LogP contribution in [0.4, 0.5) is 0 Å². The molecule has 0 aliphatic carbocycles. The Morgan fingerprint density at radius 3 is 2.88 bits per heavy atom. The van der Waals surface area contributed by atoms with Gasteiger partial charge in [-0.15, -0.1) is 10.2 Å². The van der Waals surface area contributed by atoms with Gasteiger partial charge in [-0.25, -0.2) is 0 Å². The van der Waals surface area contributed by atoms with E-state index in [1.807, 2.05) is 19.1 Å². The fourth-order valence-corrected chi connectivity index (χ4v) is 2.24. The van der Waals surface area contributed by atoms with Gasteiger partial charge in [0.05, 0.1) is 0 Å². The Labute approximate surface area is 96.6 Å². The number of fused-ring (bicyclic) bond motifs is 1. The molecule has 0 bridgehead atoms. The van der Waals surface area contributed by atoms with Crippen LogP contribution >= 0.6 is 11.8 Å². The Hall–Kier alpha value is -1.69. The van der Waals surface area contributed by atoms with Crippen LogP contribution in [0, 0.1) is 0 Å². The van der Waals surface area contributed by atoms with Crippen molar-refractivity contribution in [2.45, 2.75) is 12.1 Å². The minimum atomic E-state index is 0.768. The van der Waals surface area contributed by atoms with Crippen LogP contribution in [0.25, 0.3) is 11.4 Å². The van der Waals surface area contributed by atoms with Crippen LogP contribution in [0.2, 0.25) is 0 Å². The quantitative estimate of drug-likeness (QED) is 0.749. The number of pyridine rings is 1. The van der Waals surface area contributed by atoms with Gasteiger partial charge in [0.1, 0.15) is 0 Å². The molecule has 16 heavy (non-hydrogen) atoms. The van der Waals surface area contributed by atoms with Crippen molar-refractivity contribution in [1.82, 2.24) is 19.9 Å². The number of hydrogen-bond acceptors (Lipinski definition) is 5. The number of aromatic nitrogens is 4. The van der Waals surface area contributed by atoms with Crippen molar-refractivity contribution in [3.8, 4) is 11.4 Å². The van der Waals surface area contributed by atoms with Crippen molar-refractivity contribution in [1.29, 1.82) is 0 Å². The zero-order chi connectivity index (χ0) is 11.0. The second-order valence-electron chi connectivity index (χ2n) is 3.48. The minimum Gasteiger partial charge on any atom is -0.265 e. The van der Waals surface area contributed by atoms with E-state index in [9.17, 15) is 0 Å². The summed E-state index contributed by atoms with van der Waals surface area (Å²) in [6.07, 6.45) is 3.48. The van der Waals surface area contributed by atoms with E-state index in [4.69, 9.17) is 0 Å². The molecular weight excluding hydrogens is 222 g/mol. The Morgan fingerprint density at radius 1 is 1.25 bits per heavy atom. The highest BCUT2D eigenvalue weighted by molar-refractivity contribution is 7.99. The van der Waals surface area contributed by atoms with Crippen LogP contribution in [0.1, 0.15) is 6.92 Å². The van der Waals surface area contributed by atoms with Crippen LogP contribution in [0.3, 0.4) is 0 Å². The van der Waals surface area contributed by atoms with E-state index >= 15 is 0 Å². The van der Waals surface area contributed by atoms with E-state index in [2.05, 4.69) is 20.3 Å². The van der Waals surface area contributed by atoms with Crippen molar-refractivity contribution in [2.24, 2.45) is 5.10 Å². The Kier molecular flexibility index (Phi) is 2.21. The van der Waals surface area contributed by atoms with Gasteiger partial charge in [0, 0.05) is 29.4 Å². The molecule has 3 rings (SSSR count). The van der Waals surface area contributed by atoms with Crippen molar-refractivity contribution >= 4 is 17.5 Å². The van der Waals surface area contributed by atoms with Gasteiger partial charge in [-0.1, -0.05) is 11.8 Å². The van der Waals surface area contributed by atoms with Crippen LogP contribution in [-0.4, -0.2) is 31.3 Å². The van der Waals surface area contributed by atoms with Gasteiger partial charge in [-0.2, -0.15) is 9.78 Å². The van der Waals surface area contributed by atoms with E-state index in [-0.39, 0.29) is 0 Å². The van der Waals surface area contributed by atoms with Gasteiger partial charge >= 0.3 is 0 Å². The van der Waals surface area contributed by atoms with Crippen molar-refractivity contribution in [3.63, 3.8) is 0 Å². The molecule has 0 radical (unpaired) electrons. The maximum Gasteiger partial charge on any atom is 0.212 e. The molecule has 0 aromatic carbocycles. The van der Waals surface area contributed by atoms with Gasteiger partial charge in [-0.3, -0.25) is 4.98 Å². The standard InChI is InChI=1S/C10H9N5S/c1-7-6-16-10-13-12-9(15(10)14-7)8-2-4-11-5-3-8/h2-5H,6H2,1H3. The SMILES string of the molecule is CC1=Nn2c(nnc2-c2ccncc2)SC1. The van der Waals surface area contributed by atoms with E-state index in [1.165, 1.54) is 0 Å². The average molecular weight is 231 g/mol. The van der Waals surface area contributed by atoms with Gasteiger partial charge in [-0.05, 0) is 19.1 Å². The first-order valence-corrected chi connectivity index (χ1v) is 5.86. The third kappa shape index (κ3) is 1.51. The lowest BCUT2D eigenvalue weighted by Gasteiger charge is -2.10. The molecule has 5 nitrogen and oxygen atoms in total. The molecule has 0 spiro atoms. The van der Waals surface area contributed by atoms with Gasteiger partial charge in [0.25, 0.3) is 0 Å². The Bertz CT molecular complexity index is 546. The minimum absolute atomic E-state index is 0.768. The number of thioether (sulfide) groups is 1. The first-order chi connectivity index (χ1) is 7.84. The third-order valence-corrected chi connectivity index (χ3v) is 3.31. The summed E-state index contributed by atoms with van der Waals surface area (Å²) in [7, 11) is 0. The van der Waals surface area contributed by atoms with Crippen molar-refractivity contribution < 1.29 is 0 Å². The molecule has 6 heteroatoms. The topological polar surface area (TPSA) is 56.0 Å². The van der Waals surface area contributed by atoms with Crippen LogP contribution in [-0.2, 0) is 0 Å². The molecule has 0 saturated carbocycles. The molecule has 0 saturated heterocycles. The molecule has 2 aromatic rings. The summed E-state index contributed by atoms with van der Waals surface area (Å²) in [6.45, 7) is 2.01. The Morgan fingerprint density at radius 2 is 2.06 bits per heavy atom. The number of hydrogen-bond donors (Lipinski definition) is 0. The highest BCUT2D eigenvalue weighted by Crippen LogP contribution is 2.26. The normalized spacial score (nSPS) is 14.4. The summed E-state index contributed by atoms with van der Waals surface area (Å²) in [6, 6.07) is 3.81. The van der Waals surface area contributed by atoms with Gasteiger partial charge < -0.3 is 0 Å². The predicted octanol–water partition coefficient (Wildman–Crippen LogP) is 1.67. The molecule has 0 unspecified atom stereocenters. The lowest BCUT2D eigenvalue weighted by molar-refractivity contribution is 0.761. The molecule has 80 valence electrons. The van der Waals surface area contributed by atoms with Crippen molar-refractivity contribution in [2.75, 3.05) is 5.75 Å². The average Bonchev–Trinajstić information content (AvgIpc) is 2.73. The molecule has 0 fully saturated rings. The summed E-state index contributed by atoms with van der Waals surface area (Å²) in [5, 5.41) is 13.6. The largest absolute Gasteiger partial charge is 0.265 e. The van der Waals surface area contributed by atoms with Crippen LogP contribution in [0.5, 0.6) is 0 Å². The number of rotatable bonds is 1. The van der Waals surface area contributed by atoms with E-state index in [0.29, 0.717) is 0 Å².